The van der Waals surface area contributed by atoms with Crippen LogP contribution in [0.5, 0.6) is 0 Å². The Balaban J connectivity index is 0. The smallest absolute Gasteiger partial charge is 0.240 e. The van der Waals surface area contributed by atoms with Crippen molar-refractivity contribution in [2.24, 2.45) is 5.73 Å². The van der Waals surface area contributed by atoms with Crippen LogP contribution in [-0.2, 0) is 4.79 Å². The monoisotopic (exact) mass is 140 g/mol. The molecule has 0 aromatic heterocycles. The van der Waals surface area contributed by atoms with E-state index in [4.69, 9.17) is 0 Å². The Morgan fingerprint density at radius 1 is 1.30 bits per heavy atom. The number of carbonyl (C=O) groups is 1. The Bertz CT molecular complexity index is 124. The standard InChI is InChI=1S/C4H7N.C3H5NO/c1-3-5-4-2;1-2-3(4)5/h3-5H,1-2H2;2H,1H2,(H2,4,5). The quantitative estimate of drug-likeness (QED) is 0.561. The number of primary amides is 1. The van der Waals surface area contributed by atoms with Crippen LogP contribution >= 0.6 is 0 Å². The normalized spacial score (nSPS) is 6.00. The lowest BCUT2D eigenvalue weighted by Crippen LogP contribution is -2.04. The van der Waals surface area contributed by atoms with Crippen molar-refractivity contribution >= 4 is 5.91 Å². The number of nitrogens with one attached hydrogen (secondary N) is 1. The molecule has 3 nitrogen and oxygen atoms in total. The third-order valence-corrected chi connectivity index (χ3v) is 0.437. The zero-order chi connectivity index (χ0) is 8.41. The maximum Gasteiger partial charge on any atom is 0.240 e. The van der Waals surface area contributed by atoms with Gasteiger partial charge < -0.3 is 11.1 Å². The molecule has 0 aliphatic heterocycles. The highest BCUT2D eigenvalue weighted by molar-refractivity contribution is 5.84. The van der Waals surface area contributed by atoms with Crippen LogP contribution in [0.4, 0.5) is 0 Å². The fraction of sp³-hybridized carbons (Fsp3) is 0. The van der Waals surface area contributed by atoms with E-state index in [-0.39, 0.29) is 0 Å². The molecule has 0 aliphatic carbocycles. The molecule has 0 aliphatic rings. The Labute approximate surface area is 60.9 Å². The molecule has 3 N–H and O–H groups in total. The maximum atomic E-state index is 9.47. The molecule has 0 atom stereocenters. The zero-order valence-corrected chi connectivity index (χ0v) is 5.84. The Morgan fingerprint density at radius 3 is 1.60 bits per heavy atom. The summed E-state index contributed by atoms with van der Waals surface area (Å²) in [6, 6.07) is 0. The van der Waals surface area contributed by atoms with E-state index in [0.717, 1.165) is 6.08 Å². The van der Waals surface area contributed by atoms with E-state index in [1.165, 1.54) is 0 Å². The van der Waals surface area contributed by atoms with Crippen molar-refractivity contribution in [2.45, 2.75) is 0 Å². The topological polar surface area (TPSA) is 55.1 Å². The highest BCUT2D eigenvalue weighted by atomic mass is 16.1. The van der Waals surface area contributed by atoms with Crippen LogP contribution in [0, 0.1) is 0 Å². The van der Waals surface area contributed by atoms with E-state index < -0.39 is 5.91 Å². The molecule has 0 aromatic carbocycles. The molecular formula is C7H12N2O. The Hall–Kier alpha value is -1.51. The first-order valence-corrected chi connectivity index (χ1v) is 2.58. The summed E-state index contributed by atoms with van der Waals surface area (Å²) in [6.07, 6.45) is 4.18. The van der Waals surface area contributed by atoms with Crippen LogP contribution in [-0.4, -0.2) is 5.91 Å². The molecule has 0 fully saturated rings. The van der Waals surface area contributed by atoms with Gasteiger partial charge in [-0.1, -0.05) is 19.7 Å². The third kappa shape index (κ3) is 31.5. The van der Waals surface area contributed by atoms with Gasteiger partial charge in [0.05, 0.1) is 0 Å². The van der Waals surface area contributed by atoms with E-state index >= 15 is 0 Å². The number of amides is 1. The van der Waals surface area contributed by atoms with Crippen molar-refractivity contribution < 1.29 is 4.79 Å². The van der Waals surface area contributed by atoms with Crippen molar-refractivity contribution in [1.82, 2.24) is 5.32 Å². The molecular weight excluding hydrogens is 128 g/mol. The molecule has 0 saturated heterocycles. The van der Waals surface area contributed by atoms with Crippen molar-refractivity contribution in [3.05, 3.63) is 38.2 Å². The predicted octanol–water partition coefficient (Wildman–Crippen LogP) is 0.521. The fourth-order valence-electron chi connectivity index (χ4n) is 0.0833. The lowest BCUT2D eigenvalue weighted by molar-refractivity contribution is -0.113. The Kier molecular flexibility index (Phi) is 11.8. The largest absolute Gasteiger partial charge is 0.369 e. The average Bonchev–Trinajstić information content (AvgIpc) is 1.91. The number of hydrogen-bond acceptors (Lipinski definition) is 2. The Morgan fingerprint density at radius 2 is 1.60 bits per heavy atom. The van der Waals surface area contributed by atoms with E-state index in [9.17, 15) is 4.79 Å². The van der Waals surface area contributed by atoms with Gasteiger partial charge in [0, 0.05) is 0 Å². The second-order valence-electron chi connectivity index (χ2n) is 1.18. The molecule has 10 heavy (non-hydrogen) atoms. The molecule has 1 amide bonds. The molecule has 0 radical (unpaired) electrons. The lowest BCUT2D eigenvalue weighted by atomic mass is 10.6. The second-order valence-corrected chi connectivity index (χ2v) is 1.18. The lowest BCUT2D eigenvalue weighted by Gasteiger charge is -1.75. The van der Waals surface area contributed by atoms with Gasteiger partial charge in [0.2, 0.25) is 5.91 Å². The molecule has 0 spiro atoms. The van der Waals surface area contributed by atoms with Crippen molar-refractivity contribution in [1.29, 1.82) is 0 Å². The minimum absolute atomic E-state index is 0.481. The summed E-state index contributed by atoms with van der Waals surface area (Å²) in [7, 11) is 0. The van der Waals surface area contributed by atoms with Crippen LogP contribution in [0.15, 0.2) is 38.2 Å². The van der Waals surface area contributed by atoms with Crippen LogP contribution in [0.1, 0.15) is 0 Å². The first-order valence-electron chi connectivity index (χ1n) is 2.58. The van der Waals surface area contributed by atoms with Gasteiger partial charge in [0.25, 0.3) is 0 Å². The predicted molar refractivity (Wildman–Crippen MR) is 42.9 cm³/mol. The first-order chi connectivity index (χ1) is 4.68. The summed E-state index contributed by atoms with van der Waals surface area (Å²) in [5.41, 5.74) is 4.53. The molecule has 0 unspecified atom stereocenters. The number of rotatable bonds is 3. The van der Waals surface area contributed by atoms with Crippen LogP contribution in [0.3, 0.4) is 0 Å². The second kappa shape index (κ2) is 10.5. The van der Waals surface area contributed by atoms with E-state index in [1.807, 2.05) is 0 Å². The third-order valence-electron chi connectivity index (χ3n) is 0.437. The summed E-state index contributed by atoms with van der Waals surface area (Å²) in [4.78, 5) is 9.47. The molecule has 0 aromatic rings. The SMILES string of the molecule is C=CC(N)=O.C=CNC=C. The minimum atomic E-state index is -0.481. The van der Waals surface area contributed by atoms with Gasteiger partial charge in [-0.05, 0) is 18.5 Å². The summed E-state index contributed by atoms with van der Waals surface area (Å²) in [5.74, 6) is -0.481. The molecule has 0 rings (SSSR count). The molecule has 0 heterocycles. The maximum absolute atomic E-state index is 9.47. The minimum Gasteiger partial charge on any atom is -0.369 e. The van der Waals surface area contributed by atoms with Crippen molar-refractivity contribution in [2.75, 3.05) is 0 Å². The van der Waals surface area contributed by atoms with Crippen LogP contribution < -0.4 is 11.1 Å². The van der Waals surface area contributed by atoms with Gasteiger partial charge in [-0.25, -0.2) is 0 Å². The summed E-state index contributed by atoms with van der Waals surface area (Å²) in [6.45, 7) is 9.82. The van der Waals surface area contributed by atoms with Crippen molar-refractivity contribution in [3.8, 4) is 0 Å². The summed E-state index contributed by atoms with van der Waals surface area (Å²) in [5, 5.41) is 2.64. The number of carbonyl (C=O) groups excluding carboxylic acids is 1. The number of nitrogens with two attached hydrogens (primary N) is 1. The number of hydrogen-bond donors (Lipinski definition) is 2. The molecule has 0 saturated carbocycles. The van der Waals surface area contributed by atoms with Crippen molar-refractivity contribution in [3.63, 3.8) is 0 Å². The average molecular weight is 140 g/mol. The van der Waals surface area contributed by atoms with Gasteiger partial charge in [0.1, 0.15) is 0 Å². The van der Waals surface area contributed by atoms with Gasteiger partial charge in [-0.3, -0.25) is 4.79 Å². The molecule has 0 bridgehead atoms. The highest BCUT2D eigenvalue weighted by Crippen LogP contribution is 1.48. The van der Waals surface area contributed by atoms with Gasteiger partial charge in [-0.15, -0.1) is 0 Å². The highest BCUT2D eigenvalue weighted by Gasteiger charge is 1.69. The molecule has 3 heteroatoms. The van der Waals surface area contributed by atoms with E-state index in [0.29, 0.717) is 0 Å². The van der Waals surface area contributed by atoms with E-state index in [1.54, 1.807) is 12.4 Å². The van der Waals surface area contributed by atoms with E-state index in [2.05, 4.69) is 30.8 Å². The summed E-state index contributed by atoms with van der Waals surface area (Å²) >= 11 is 0. The first kappa shape index (κ1) is 11.3. The molecule has 56 valence electrons. The van der Waals surface area contributed by atoms with Crippen LogP contribution in [0.2, 0.25) is 0 Å². The van der Waals surface area contributed by atoms with Crippen LogP contribution in [0.25, 0.3) is 0 Å². The van der Waals surface area contributed by atoms with Gasteiger partial charge in [0.15, 0.2) is 0 Å². The zero-order valence-electron chi connectivity index (χ0n) is 5.84. The van der Waals surface area contributed by atoms with Gasteiger partial charge >= 0.3 is 0 Å². The fourth-order valence-corrected chi connectivity index (χ4v) is 0.0833. The van der Waals surface area contributed by atoms with Gasteiger partial charge in [-0.2, -0.15) is 0 Å². The summed E-state index contributed by atoms with van der Waals surface area (Å²) < 4.78 is 0.